The van der Waals surface area contributed by atoms with Gasteiger partial charge in [0.25, 0.3) is 0 Å². The van der Waals surface area contributed by atoms with Crippen LogP contribution < -0.4 is 5.73 Å². The van der Waals surface area contributed by atoms with Crippen molar-refractivity contribution >= 4 is 0 Å². The summed E-state index contributed by atoms with van der Waals surface area (Å²) in [5, 5.41) is 0. The zero-order chi connectivity index (χ0) is 9.26. The highest BCUT2D eigenvalue weighted by molar-refractivity contribution is 5.10. The van der Waals surface area contributed by atoms with Crippen molar-refractivity contribution in [3.05, 3.63) is 24.2 Å². The third-order valence-electron chi connectivity index (χ3n) is 2.83. The van der Waals surface area contributed by atoms with Gasteiger partial charge in [0, 0.05) is 19.0 Å². The average molecular weight is 180 g/mol. The second-order valence-electron chi connectivity index (χ2n) is 3.84. The first-order valence-corrected chi connectivity index (χ1v) is 4.73. The fraction of sp³-hybridized carbons (Fsp3) is 0.600. The number of nitrogens with two attached hydrogens (primary N) is 1. The molecule has 0 bridgehead atoms. The van der Waals surface area contributed by atoms with Gasteiger partial charge in [-0.25, -0.2) is 0 Å². The fourth-order valence-electron chi connectivity index (χ4n) is 2.15. The first-order valence-electron chi connectivity index (χ1n) is 4.73. The minimum Gasteiger partial charge on any atom is -0.469 e. The summed E-state index contributed by atoms with van der Waals surface area (Å²) in [7, 11) is 2.13. The summed E-state index contributed by atoms with van der Waals surface area (Å²) in [4.78, 5) is 2.31. The molecule has 2 atom stereocenters. The molecule has 1 aromatic rings. The van der Waals surface area contributed by atoms with E-state index in [9.17, 15) is 0 Å². The van der Waals surface area contributed by atoms with Crippen LogP contribution in [-0.4, -0.2) is 31.6 Å². The molecule has 0 unspecified atom stereocenters. The second kappa shape index (κ2) is 3.52. The van der Waals surface area contributed by atoms with Crippen LogP contribution in [0.5, 0.6) is 0 Å². The van der Waals surface area contributed by atoms with Gasteiger partial charge in [-0.3, -0.25) is 0 Å². The van der Waals surface area contributed by atoms with E-state index in [0.717, 1.165) is 25.4 Å². The smallest absolute Gasteiger partial charge is 0.108 e. The lowest BCUT2D eigenvalue weighted by Gasteiger charge is -2.13. The summed E-state index contributed by atoms with van der Waals surface area (Å²) in [5.41, 5.74) is 5.72. The highest BCUT2D eigenvalue weighted by atomic mass is 16.3. The number of nitrogens with zero attached hydrogens (tertiary/aromatic N) is 1. The predicted molar refractivity (Wildman–Crippen MR) is 51.5 cm³/mol. The molecule has 1 aliphatic heterocycles. The topological polar surface area (TPSA) is 42.4 Å². The van der Waals surface area contributed by atoms with Crippen molar-refractivity contribution in [2.24, 2.45) is 11.7 Å². The molecule has 1 aromatic heterocycles. The minimum absolute atomic E-state index is 0.491. The molecule has 2 heterocycles. The molecule has 2 N–H and O–H groups in total. The van der Waals surface area contributed by atoms with E-state index in [-0.39, 0.29) is 0 Å². The molecule has 3 heteroatoms. The van der Waals surface area contributed by atoms with E-state index < -0.39 is 0 Å². The fourth-order valence-corrected chi connectivity index (χ4v) is 2.15. The Balaban J connectivity index is 2.14. The summed E-state index contributed by atoms with van der Waals surface area (Å²) in [6.45, 7) is 2.90. The maximum absolute atomic E-state index is 5.72. The molecule has 0 saturated carbocycles. The Kier molecular flexibility index (Phi) is 2.38. The minimum atomic E-state index is 0.491. The van der Waals surface area contributed by atoms with Crippen molar-refractivity contribution in [3.8, 4) is 0 Å². The maximum atomic E-state index is 5.72. The second-order valence-corrected chi connectivity index (χ2v) is 3.84. The van der Waals surface area contributed by atoms with E-state index in [1.54, 1.807) is 6.26 Å². The van der Waals surface area contributed by atoms with Crippen LogP contribution in [0.1, 0.15) is 11.7 Å². The normalized spacial score (nSPS) is 29.7. The van der Waals surface area contributed by atoms with Crippen molar-refractivity contribution in [1.82, 2.24) is 4.90 Å². The quantitative estimate of drug-likeness (QED) is 0.734. The van der Waals surface area contributed by atoms with Gasteiger partial charge in [-0.2, -0.15) is 0 Å². The molecule has 3 nitrogen and oxygen atoms in total. The Hall–Kier alpha value is -0.800. The molecular formula is C10H16N2O. The zero-order valence-corrected chi connectivity index (χ0v) is 7.94. The third-order valence-corrected chi connectivity index (χ3v) is 2.83. The molecule has 72 valence electrons. The highest BCUT2D eigenvalue weighted by Crippen LogP contribution is 2.31. The van der Waals surface area contributed by atoms with Crippen molar-refractivity contribution in [2.45, 2.75) is 5.92 Å². The van der Waals surface area contributed by atoms with Gasteiger partial charge in [0.1, 0.15) is 5.76 Å². The van der Waals surface area contributed by atoms with Crippen LogP contribution in [0.15, 0.2) is 22.8 Å². The molecule has 0 spiro atoms. The summed E-state index contributed by atoms with van der Waals surface area (Å²) >= 11 is 0. The molecule has 1 fully saturated rings. The van der Waals surface area contributed by atoms with Crippen LogP contribution in [0.2, 0.25) is 0 Å². The molecule has 13 heavy (non-hydrogen) atoms. The maximum Gasteiger partial charge on any atom is 0.108 e. The van der Waals surface area contributed by atoms with Crippen LogP contribution in [0.3, 0.4) is 0 Å². The van der Waals surface area contributed by atoms with Gasteiger partial charge >= 0.3 is 0 Å². The predicted octanol–water partition coefficient (Wildman–Crippen LogP) is 0.883. The van der Waals surface area contributed by atoms with Gasteiger partial charge in [0.15, 0.2) is 0 Å². The van der Waals surface area contributed by atoms with Gasteiger partial charge < -0.3 is 15.1 Å². The van der Waals surface area contributed by atoms with Crippen LogP contribution in [-0.2, 0) is 0 Å². The number of hydrogen-bond acceptors (Lipinski definition) is 3. The van der Waals surface area contributed by atoms with Crippen LogP contribution >= 0.6 is 0 Å². The van der Waals surface area contributed by atoms with Crippen molar-refractivity contribution in [1.29, 1.82) is 0 Å². The zero-order valence-electron chi connectivity index (χ0n) is 7.94. The Morgan fingerprint density at radius 3 is 3.08 bits per heavy atom. The lowest BCUT2D eigenvalue weighted by Crippen LogP contribution is -2.21. The largest absolute Gasteiger partial charge is 0.469 e. The van der Waals surface area contributed by atoms with E-state index in [2.05, 4.69) is 11.9 Å². The van der Waals surface area contributed by atoms with Crippen LogP contribution in [0.25, 0.3) is 0 Å². The SMILES string of the molecule is CN1C[C@H](CN)[C@@H](c2ccco2)C1. The Morgan fingerprint density at radius 1 is 1.62 bits per heavy atom. The number of hydrogen-bond donors (Lipinski definition) is 1. The summed E-state index contributed by atoms with van der Waals surface area (Å²) < 4.78 is 5.42. The molecule has 0 aromatic carbocycles. The van der Waals surface area contributed by atoms with E-state index in [1.165, 1.54) is 0 Å². The standard InChI is InChI=1S/C10H16N2O/c1-12-6-8(5-11)9(7-12)10-3-2-4-13-10/h2-4,8-9H,5-7,11H2,1H3/t8-,9-/m0/s1. The molecule has 0 amide bonds. The summed E-state index contributed by atoms with van der Waals surface area (Å²) in [6.07, 6.45) is 1.74. The molecule has 1 aliphatic rings. The Labute approximate surface area is 78.5 Å². The lowest BCUT2D eigenvalue weighted by molar-refractivity contribution is 0.394. The van der Waals surface area contributed by atoms with Gasteiger partial charge in [0.2, 0.25) is 0 Å². The number of likely N-dealkylation sites (tertiary alicyclic amines) is 1. The van der Waals surface area contributed by atoms with Crippen LogP contribution in [0.4, 0.5) is 0 Å². The van der Waals surface area contributed by atoms with E-state index >= 15 is 0 Å². The highest BCUT2D eigenvalue weighted by Gasteiger charge is 2.32. The average Bonchev–Trinajstić information content (AvgIpc) is 2.71. The van der Waals surface area contributed by atoms with E-state index in [0.29, 0.717) is 11.8 Å². The first-order chi connectivity index (χ1) is 6.31. The molecule has 0 aliphatic carbocycles. The number of likely N-dealkylation sites (N-methyl/N-ethyl adjacent to an activating group) is 1. The number of rotatable bonds is 2. The van der Waals surface area contributed by atoms with Crippen molar-refractivity contribution < 1.29 is 4.42 Å². The Morgan fingerprint density at radius 2 is 2.46 bits per heavy atom. The molecule has 2 rings (SSSR count). The molecule has 0 radical (unpaired) electrons. The summed E-state index contributed by atoms with van der Waals surface area (Å²) in [5.74, 6) is 2.13. The van der Waals surface area contributed by atoms with Crippen LogP contribution in [0, 0.1) is 5.92 Å². The molecule has 1 saturated heterocycles. The van der Waals surface area contributed by atoms with Crippen molar-refractivity contribution in [3.63, 3.8) is 0 Å². The van der Waals surface area contributed by atoms with Gasteiger partial charge in [-0.15, -0.1) is 0 Å². The third kappa shape index (κ3) is 1.62. The van der Waals surface area contributed by atoms with Gasteiger partial charge in [-0.05, 0) is 31.6 Å². The lowest BCUT2D eigenvalue weighted by atomic mass is 9.94. The van der Waals surface area contributed by atoms with E-state index in [1.807, 2.05) is 12.1 Å². The van der Waals surface area contributed by atoms with Gasteiger partial charge in [-0.1, -0.05) is 0 Å². The first kappa shape index (κ1) is 8.78. The monoisotopic (exact) mass is 180 g/mol. The molecular weight excluding hydrogens is 164 g/mol. The van der Waals surface area contributed by atoms with Crippen molar-refractivity contribution in [2.75, 3.05) is 26.7 Å². The summed E-state index contributed by atoms with van der Waals surface area (Å²) in [6, 6.07) is 3.99. The Bertz CT molecular complexity index is 258. The number of furan rings is 1. The van der Waals surface area contributed by atoms with Gasteiger partial charge in [0.05, 0.1) is 6.26 Å². The van der Waals surface area contributed by atoms with E-state index in [4.69, 9.17) is 10.2 Å².